The van der Waals surface area contributed by atoms with Crippen LogP contribution in [-0.2, 0) is 10.0 Å². The predicted octanol–water partition coefficient (Wildman–Crippen LogP) is 3.43. The van der Waals surface area contributed by atoms with Gasteiger partial charge in [-0.3, -0.25) is 0 Å². The largest absolute Gasteiger partial charge is 0.396 e. The summed E-state index contributed by atoms with van der Waals surface area (Å²) in [4.78, 5) is -0.0973. The fraction of sp³-hybridized carbons (Fsp3) is 0.538. The van der Waals surface area contributed by atoms with Gasteiger partial charge in [-0.1, -0.05) is 34.8 Å². The Labute approximate surface area is 139 Å². The van der Waals surface area contributed by atoms with Crippen molar-refractivity contribution >= 4 is 44.8 Å². The molecule has 0 saturated carbocycles. The van der Waals surface area contributed by atoms with Crippen molar-refractivity contribution in [1.82, 2.24) is 4.31 Å². The molecule has 118 valence electrons. The van der Waals surface area contributed by atoms with Crippen molar-refractivity contribution in [2.75, 3.05) is 19.7 Å². The predicted molar refractivity (Wildman–Crippen MR) is 84.7 cm³/mol. The molecule has 0 aliphatic carbocycles. The van der Waals surface area contributed by atoms with Gasteiger partial charge in [0, 0.05) is 24.7 Å². The topological polar surface area (TPSA) is 57.6 Å². The molecule has 1 aliphatic rings. The Bertz CT molecular complexity index is 596. The standard InChI is InChI=1S/C13H16Cl3NO3S/c14-10-6-11(15)13(12(16)7-10)21(19,20)17-4-1-2-9(8-17)3-5-18/h6-7,9,18H,1-5,8H2. The molecule has 1 unspecified atom stereocenters. The third-order valence-electron chi connectivity index (χ3n) is 3.58. The number of hydrogen-bond acceptors (Lipinski definition) is 3. The van der Waals surface area contributed by atoms with E-state index in [-0.39, 0.29) is 27.5 Å². The molecule has 1 saturated heterocycles. The Kier molecular flexibility index (Phi) is 5.79. The molecule has 4 nitrogen and oxygen atoms in total. The third-order valence-corrected chi connectivity index (χ3v) is 6.59. The van der Waals surface area contributed by atoms with Crippen LogP contribution < -0.4 is 0 Å². The van der Waals surface area contributed by atoms with Crippen LogP contribution in [0.5, 0.6) is 0 Å². The second-order valence-corrected chi connectivity index (χ2v) is 8.21. The molecule has 0 aromatic heterocycles. The van der Waals surface area contributed by atoms with Gasteiger partial charge in [0.2, 0.25) is 10.0 Å². The van der Waals surface area contributed by atoms with Gasteiger partial charge in [0.15, 0.2) is 0 Å². The monoisotopic (exact) mass is 371 g/mol. The number of piperidine rings is 1. The first kappa shape index (κ1) is 17.3. The van der Waals surface area contributed by atoms with E-state index in [2.05, 4.69) is 0 Å². The van der Waals surface area contributed by atoms with Crippen LogP contribution >= 0.6 is 34.8 Å². The second kappa shape index (κ2) is 7.02. The Hall–Kier alpha value is -0.0400. The molecule has 0 spiro atoms. The number of rotatable bonds is 4. The van der Waals surface area contributed by atoms with E-state index < -0.39 is 10.0 Å². The molecule has 1 heterocycles. The van der Waals surface area contributed by atoms with Crippen LogP contribution in [0.25, 0.3) is 0 Å². The van der Waals surface area contributed by atoms with E-state index in [1.807, 2.05) is 0 Å². The number of halogens is 3. The average Bonchev–Trinajstić information content (AvgIpc) is 2.37. The third kappa shape index (κ3) is 3.84. The quantitative estimate of drug-likeness (QED) is 0.881. The number of aliphatic hydroxyl groups excluding tert-OH is 1. The highest BCUT2D eigenvalue weighted by atomic mass is 35.5. The van der Waals surface area contributed by atoms with Gasteiger partial charge < -0.3 is 5.11 Å². The van der Waals surface area contributed by atoms with Crippen molar-refractivity contribution in [2.45, 2.75) is 24.2 Å². The smallest absolute Gasteiger partial charge is 0.246 e. The molecular formula is C13H16Cl3NO3S. The van der Waals surface area contributed by atoms with E-state index in [1.54, 1.807) is 0 Å². The highest BCUT2D eigenvalue weighted by Gasteiger charge is 2.33. The van der Waals surface area contributed by atoms with Gasteiger partial charge in [0.25, 0.3) is 0 Å². The molecule has 0 bridgehead atoms. The van der Waals surface area contributed by atoms with E-state index in [9.17, 15) is 8.42 Å². The van der Waals surface area contributed by atoms with Gasteiger partial charge >= 0.3 is 0 Å². The first-order valence-corrected chi connectivity index (χ1v) is 9.19. The summed E-state index contributed by atoms with van der Waals surface area (Å²) >= 11 is 17.9. The summed E-state index contributed by atoms with van der Waals surface area (Å²) in [7, 11) is -3.76. The van der Waals surface area contributed by atoms with E-state index >= 15 is 0 Å². The zero-order valence-electron chi connectivity index (χ0n) is 11.2. The van der Waals surface area contributed by atoms with Crippen LogP contribution in [0.3, 0.4) is 0 Å². The highest BCUT2D eigenvalue weighted by Crippen LogP contribution is 2.36. The van der Waals surface area contributed by atoms with Crippen LogP contribution in [0.1, 0.15) is 19.3 Å². The minimum Gasteiger partial charge on any atom is -0.396 e. The maximum Gasteiger partial charge on any atom is 0.246 e. The van der Waals surface area contributed by atoms with Crippen LogP contribution in [-0.4, -0.2) is 37.5 Å². The summed E-state index contributed by atoms with van der Waals surface area (Å²) in [6.07, 6.45) is 2.26. The number of sulfonamides is 1. The summed E-state index contributed by atoms with van der Waals surface area (Å²) in [6, 6.07) is 2.74. The van der Waals surface area contributed by atoms with Crippen LogP contribution in [0, 0.1) is 5.92 Å². The molecule has 1 atom stereocenters. The Morgan fingerprint density at radius 2 is 1.86 bits per heavy atom. The van der Waals surface area contributed by atoms with Crippen LogP contribution in [0.2, 0.25) is 15.1 Å². The molecule has 8 heteroatoms. The van der Waals surface area contributed by atoms with Gasteiger partial charge in [0.1, 0.15) is 4.90 Å². The van der Waals surface area contributed by atoms with Crippen molar-refractivity contribution in [2.24, 2.45) is 5.92 Å². The maximum absolute atomic E-state index is 12.7. The molecule has 2 rings (SSSR count). The maximum atomic E-state index is 12.7. The number of aliphatic hydroxyl groups is 1. The summed E-state index contributed by atoms with van der Waals surface area (Å²) < 4.78 is 26.9. The molecule has 1 aromatic carbocycles. The average molecular weight is 373 g/mol. The lowest BCUT2D eigenvalue weighted by Crippen LogP contribution is -2.40. The molecule has 1 aromatic rings. The normalized spacial score (nSPS) is 20.7. The van der Waals surface area contributed by atoms with Gasteiger partial charge in [0.05, 0.1) is 10.0 Å². The van der Waals surface area contributed by atoms with Crippen molar-refractivity contribution < 1.29 is 13.5 Å². The molecule has 1 aliphatic heterocycles. The first-order chi connectivity index (χ1) is 9.86. The molecule has 1 fully saturated rings. The lowest BCUT2D eigenvalue weighted by molar-refractivity contribution is 0.203. The Morgan fingerprint density at radius 1 is 1.24 bits per heavy atom. The van der Waals surface area contributed by atoms with Crippen molar-refractivity contribution in [3.8, 4) is 0 Å². The molecule has 0 amide bonds. The summed E-state index contributed by atoms with van der Waals surface area (Å²) in [5.41, 5.74) is 0. The minimum atomic E-state index is -3.76. The minimum absolute atomic E-state index is 0.0248. The number of hydrogen-bond donors (Lipinski definition) is 1. The van der Waals surface area contributed by atoms with Crippen LogP contribution in [0.15, 0.2) is 17.0 Å². The lowest BCUT2D eigenvalue weighted by atomic mass is 9.97. The Morgan fingerprint density at radius 3 is 2.43 bits per heavy atom. The first-order valence-electron chi connectivity index (χ1n) is 6.62. The van der Waals surface area contributed by atoms with E-state index in [4.69, 9.17) is 39.9 Å². The molecule has 0 radical (unpaired) electrons. The molecule has 1 N–H and O–H groups in total. The van der Waals surface area contributed by atoms with Crippen LogP contribution in [0.4, 0.5) is 0 Å². The van der Waals surface area contributed by atoms with E-state index in [1.165, 1.54) is 16.4 Å². The Balaban J connectivity index is 2.34. The number of nitrogens with zero attached hydrogens (tertiary/aromatic N) is 1. The summed E-state index contributed by atoms with van der Waals surface area (Å²) in [6.45, 7) is 0.860. The van der Waals surface area contributed by atoms with Gasteiger partial charge in [-0.2, -0.15) is 4.31 Å². The van der Waals surface area contributed by atoms with Gasteiger partial charge in [-0.25, -0.2) is 8.42 Å². The number of benzene rings is 1. The van der Waals surface area contributed by atoms with Gasteiger partial charge in [-0.15, -0.1) is 0 Å². The molecule has 21 heavy (non-hydrogen) atoms. The van der Waals surface area contributed by atoms with Gasteiger partial charge in [-0.05, 0) is 37.3 Å². The highest BCUT2D eigenvalue weighted by molar-refractivity contribution is 7.89. The summed E-state index contributed by atoms with van der Waals surface area (Å²) in [5, 5.41) is 9.36. The summed E-state index contributed by atoms with van der Waals surface area (Å²) in [5.74, 6) is 0.156. The fourth-order valence-electron chi connectivity index (χ4n) is 2.57. The fourth-order valence-corrected chi connectivity index (χ4v) is 5.62. The zero-order chi connectivity index (χ0) is 15.6. The van der Waals surface area contributed by atoms with E-state index in [0.29, 0.717) is 24.5 Å². The van der Waals surface area contributed by atoms with Crippen molar-refractivity contribution in [3.05, 3.63) is 27.2 Å². The zero-order valence-corrected chi connectivity index (χ0v) is 14.3. The van der Waals surface area contributed by atoms with Crippen molar-refractivity contribution in [1.29, 1.82) is 0 Å². The lowest BCUT2D eigenvalue weighted by Gasteiger charge is -2.32. The van der Waals surface area contributed by atoms with E-state index in [0.717, 1.165) is 12.8 Å². The SMILES string of the molecule is O=S(=O)(c1c(Cl)cc(Cl)cc1Cl)N1CCCC(CCO)C1. The molecular weight excluding hydrogens is 357 g/mol. The van der Waals surface area contributed by atoms with Crippen molar-refractivity contribution in [3.63, 3.8) is 0 Å². The second-order valence-electron chi connectivity index (χ2n) is 5.08.